The van der Waals surface area contributed by atoms with Gasteiger partial charge in [0.15, 0.2) is 0 Å². The maximum Gasteiger partial charge on any atom is 0.243 e. The van der Waals surface area contributed by atoms with Crippen LogP contribution in [0.25, 0.3) is 0 Å². The van der Waals surface area contributed by atoms with Crippen molar-refractivity contribution in [2.24, 2.45) is 0 Å². The zero-order valence-corrected chi connectivity index (χ0v) is 18.5. The lowest BCUT2D eigenvalue weighted by Crippen LogP contribution is -2.48. The van der Waals surface area contributed by atoms with Crippen LogP contribution in [0.1, 0.15) is 50.2 Å². The van der Waals surface area contributed by atoms with E-state index in [1.807, 2.05) is 31.7 Å². The molecule has 0 aromatic heterocycles. The number of hydrogen-bond donors (Lipinski definition) is 1. The molecule has 1 aromatic carbocycles. The second kappa shape index (κ2) is 9.82. The number of sulfonamides is 1. The van der Waals surface area contributed by atoms with Gasteiger partial charge in [-0.05, 0) is 56.9 Å². The smallest absolute Gasteiger partial charge is 0.243 e. The molecule has 27 heavy (non-hydrogen) atoms. The molecule has 0 bridgehead atoms. The summed E-state index contributed by atoms with van der Waals surface area (Å²) >= 11 is 1.92. The van der Waals surface area contributed by atoms with Gasteiger partial charge in [-0.3, -0.25) is 9.10 Å². The normalized spacial score (nSPS) is 16.7. The number of carbonyl (C=O) groups is 1. The lowest BCUT2D eigenvalue weighted by molar-refractivity contribution is -0.121. The number of benzene rings is 1. The van der Waals surface area contributed by atoms with Crippen molar-refractivity contribution in [3.63, 3.8) is 0 Å². The fourth-order valence-electron chi connectivity index (χ4n) is 3.67. The number of hydrogen-bond acceptors (Lipinski definition) is 4. The van der Waals surface area contributed by atoms with Crippen LogP contribution in [-0.4, -0.2) is 44.2 Å². The summed E-state index contributed by atoms with van der Waals surface area (Å²) in [5.74, 6) is 0.606. The van der Waals surface area contributed by atoms with Crippen molar-refractivity contribution in [3.8, 4) is 0 Å². The monoisotopic (exact) mass is 412 g/mol. The Morgan fingerprint density at radius 1 is 1.19 bits per heavy atom. The first-order valence-corrected chi connectivity index (χ1v) is 12.5. The van der Waals surface area contributed by atoms with Gasteiger partial charge in [-0.1, -0.05) is 25.3 Å². The number of anilines is 1. The van der Waals surface area contributed by atoms with Crippen LogP contribution < -0.4 is 9.62 Å². The minimum absolute atomic E-state index is 0.260. The third-order valence-electron chi connectivity index (χ3n) is 4.86. The molecule has 1 fully saturated rings. The van der Waals surface area contributed by atoms with Crippen LogP contribution in [0.2, 0.25) is 0 Å². The van der Waals surface area contributed by atoms with Gasteiger partial charge in [0, 0.05) is 17.5 Å². The lowest BCUT2D eigenvalue weighted by Gasteiger charge is -2.29. The molecule has 0 heterocycles. The van der Waals surface area contributed by atoms with E-state index in [1.54, 1.807) is 19.1 Å². The molecule has 7 heteroatoms. The van der Waals surface area contributed by atoms with E-state index >= 15 is 0 Å². The predicted octanol–water partition coefficient (Wildman–Crippen LogP) is 3.64. The molecular formula is C20H32N2O3S2. The molecule has 0 aliphatic heterocycles. The van der Waals surface area contributed by atoms with Crippen LogP contribution in [0.4, 0.5) is 5.69 Å². The highest BCUT2D eigenvalue weighted by Crippen LogP contribution is 2.28. The van der Waals surface area contributed by atoms with Gasteiger partial charge in [0.25, 0.3) is 0 Å². The molecule has 1 aromatic rings. The number of aryl methyl sites for hydroxylation is 2. The third kappa shape index (κ3) is 6.71. The summed E-state index contributed by atoms with van der Waals surface area (Å²) in [4.78, 5) is 12.6. The van der Waals surface area contributed by atoms with Crippen molar-refractivity contribution in [3.05, 3.63) is 29.3 Å². The summed E-state index contributed by atoms with van der Waals surface area (Å²) in [6.45, 7) is 6.05. The zero-order chi connectivity index (χ0) is 20.0. The summed E-state index contributed by atoms with van der Waals surface area (Å²) in [6.07, 6.45) is 7.63. The van der Waals surface area contributed by atoms with Gasteiger partial charge in [0.2, 0.25) is 15.9 Å². The lowest BCUT2D eigenvalue weighted by atomic mass is 10.0. The summed E-state index contributed by atoms with van der Waals surface area (Å²) < 4.78 is 26.0. The van der Waals surface area contributed by atoms with Gasteiger partial charge in [0.1, 0.15) is 6.04 Å². The van der Waals surface area contributed by atoms with E-state index in [4.69, 9.17) is 0 Å². The molecular weight excluding hydrogens is 380 g/mol. The van der Waals surface area contributed by atoms with Crippen LogP contribution in [-0.2, 0) is 14.8 Å². The van der Waals surface area contributed by atoms with Crippen molar-refractivity contribution in [1.82, 2.24) is 5.32 Å². The van der Waals surface area contributed by atoms with Gasteiger partial charge in [-0.25, -0.2) is 8.42 Å². The molecule has 0 unspecified atom stereocenters. The summed E-state index contributed by atoms with van der Waals surface area (Å²) in [5.41, 5.74) is 2.47. The Balaban J connectivity index is 1.97. The van der Waals surface area contributed by atoms with Gasteiger partial charge >= 0.3 is 0 Å². The van der Waals surface area contributed by atoms with Crippen molar-refractivity contribution >= 4 is 33.4 Å². The molecule has 1 aliphatic carbocycles. The Hall–Kier alpha value is -1.21. The molecule has 152 valence electrons. The van der Waals surface area contributed by atoms with Crippen molar-refractivity contribution in [2.75, 3.05) is 22.9 Å². The average Bonchev–Trinajstić information content (AvgIpc) is 2.57. The summed E-state index contributed by atoms with van der Waals surface area (Å²) in [5, 5.41) is 3.61. The molecule has 0 radical (unpaired) electrons. The van der Waals surface area contributed by atoms with E-state index in [9.17, 15) is 13.2 Å². The van der Waals surface area contributed by atoms with Crippen molar-refractivity contribution in [1.29, 1.82) is 0 Å². The number of rotatable bonds is 8. The van der Waals surface area contributed by atoms with Crippen LogP contribution >= 0.6 is 11.8 Å². The first-order valence-electron chi connectivity index (χ1n) is 9.65. The highest BCUT2D eigenvalue weighted by atomic mass is 32.2. The first kappa shape index (κ1) is 22.1. The van der Waals surface area contributed by atoms with Gasteiger partial charge in [0.05, 0.1) is 11.9 Å². The second-order valence-corrected chi connectivity index (χ2v) is 10.8. The van der Waals surface area contributed by atoms with Gasteiger partial charge in [-0.2, -0.15) is 11.8 Å². The Morgan fingerprint density at radius 3 is 2.33 bits per heavy atom. The largest absolute Gasteiger partial charge is 0.353 e. The Labute approximate surface area is 168 Å². The number of thioether (sulfide) groups is 1. The Morgan fingerprint density at radius 2 is 1.78 bits per heavy atom. The number of carbonyl (C=O) groups excluding carboxylic acids is 1. The molecule has 1 amide bonds. The maximum atomic E-state index is 12.6. The second-order valence-electron chi connectivity index (χ2n) is 7.50. The van der Waals surface area contributed by atoms with E-state index in [2.05, 4.69) is 5.32 Å². The maximum absolute atomic E-state index is 12.6. The van der Waals surface area contributed by atoms with E-state index < -0.39 is 16.1 Å². The van der Waals surface area contributed by atoms with Crippen molar-refractivity contribution < 1.29 is 13.2 Å². The molecule has 0 saturated heterocycles. The third-order valence-corrected chi connectivity index (χ3v) is 7.48. The average molecular weight is 413 g/mol. The fraction of sp³-hybridized carbons (Fsp3) is 0.650. The molecule has 5 nitrogen and oxygen atoms in total. The summed E-state index contributed by atoms with van der Waals surface area (Å²) in [7, 11) is -3.58. The number of nitrogens with zero attached hydrogens (tertiary/aromatic N) is 1. The molecule has 1 saturated carbocycles. The highest BCUT2D eigenvalue weighted by molar-refractivity contribution is 7.99. The van der Waals surface area contributed by atoms with Crippen molar-refractivity contribution in [2.45, 2.75) is 64.2 Å². The fourth-order valence-corrected chi connectivity index (χ4v) is 6.04. The van der Waals surface area contributed by atoms with E-state index in [1.165, 1.54) is 36.4 Å². The van der Waals surface area contributed by atoms with Crippen LogP contribution in [0.3, 0.4) is 0 Å². The van der Waals surface area contributed by atoms with Crippen LogP contribution in [0.15, 0.2) is 18.2 Å². The standard InChI is InChI=1S/C20H32N2O3S2/c1-15-12-16(2)14-18(13-15)22(27(4,24)25)17(3)20(23)21-10-11-26-19-8-6-5-7-9-19/h12-14,17,19H,5-11H2,1-4H3,(H,21,23)/t17-/m0/s1. The van der Waals surface area contributed by atoms with E-state index in [-0.39, 0.29) is 5.91 Å². The van der Waals surface area contributed by atoms with Gasteiger partial charge in [-0.15, -0.1) is 0 Å². The highest BCUT2D eigenvalue weighted by Gasteiger charge is 2.29. The minimum atomic E-state index is -3.58. The Kier molecular flexibility index (Phi) is 8.04. The molecule has 1 N–H and O–H groups in total. The van der Waals surface area contributed by atoms with Crippen LogP contribution in [0.5, 0.6) is 0 Å². The van der Waals surface area contributed by atoms with Gasteiger partial charge < -0.3 is 5.32 Å². The zero-order valence-electron chi connectivity index (χ0n) is 16.8. The summed E-state index contributed by atoms with van der Waals surface area (Å²) in [6, 6.07) is 4.80. The quantitative estimate of drug-likeness (QED) is 0.662. The minimum Gasteiger partial charge on any atom is -0.353 e. The van der Waals surface area contributed by atoms with E-state index in [0.717, 1.165) is 23.1 Å². The molecule has 1 atom stereocenters. The first-order chi connectivity index (χ1) is 12.7. The predicted molar refractivity (Wildman–Crippen MR) is 115 cm³/mol. The van der Waals surface area contributed by atoms with Crippen LogP contribution in [0, 0.1) is 13.8 Å². The Bertz CT molecular complexity index is 723. The van der Waals surface area contributed by atoms with E-state index in [0.29, 0.717) is 17.5 Å². The molecule has 2 rings (SSSR count). The number of nitrogens with one attached hydrogen (secondary N) is 1. The number of amides is 1. The SMILES string of the molecule is Cc1cc(C)cc(N([C@@H](C)C(=O)NCCSC2CCCCC2)S(C)(=O)=O)c1. The molecule has 0 spiro atoms. The molecule has 1 aliphatic rings. The topological polar surface area (TPSA) is 66.5 Å².